The van der Waals surface area contributed by atoms with E-state index in [-0.39, 0.29) is 11.3 Å². The van der Waals surface area contributed by atoms with Crippen LogP contribution in [0.2, 0.25) is 5.02 Å². The van der Waals surface area contributed by atoms with Crippen molar-refractivity contribution in [3.63, 3.8) is 0 Å². The lowest BCUT2D eigenvalue weighted by molar-refractivity contribution is -0.122. The highest BCUT2D eigenvalue weighted by Crippen LogP contribution is 2.22. The molecule has 0 radical (unpaired) electrons. The number of aromatic carboxylic acids is 1. The molecule has 1 unspecified atom stereocenters. The summed E-state index contributed by atoms with van der Waals surface area (Å²) >= 11 is 5.84. The fraction of sp³-hybridized carbons (Fsp3) is 0.125. The van der Waals surface area contributed by atoms with Crippen LogP contribution in [-0.2, 0) is 4.79 Å². The summed E-state index contributed by atoms with van der Waals surface area (Å²) in [4.78, 5) is 23.3. The van der Waals surface area contributed by atoms with Crippen LogP contribution in [0.3, 0.4) is 0 Å². The summed E-state index contributed by atoms with van der Waals surface area (Å²) < 4.78 is 5.49. The van der Waals surface area contributed by atoms with E-state index >= 15 is 0 Å². The quantitative estimate of drug-likeness (QED) is 0.885. The second-order valence-corrected chi connectivity index (χ2v) is 4.99. The lowest BCUT2D eigenvalue weighted by Crippen LogP contribution is -2.30. The average Bonchev–Trinajstić information content (AvgIpc) is 2.48. The first-order valence-electron chi connectivity index (χ1n) is 6.53. The molecule has 114 valence electrons. The molecule has 5 nitrogen and oxygen atoms in total. The molecule has 0 aliphatic carbocycles. The number of anilines is 1. The second kappa shape index (κ2) is 6.95. The van der Waals surface area contributed by atoms with E-state index in [1.165, 1.54) is 18.2 Å². The molecule has 2 rings (SSSR count). The van der Waals surface area contributed by atoms with Gasteiger partial charge in [-0.15, -0.1) is 0 Å². The van der Waals surface area contributed by atoms with Crippen molar-refractivity contribution < 1.29 is 19.4 Å². The minimum Gasteiger partial charge on any atom is -0.481 e. The van der Waals surface area contributed by atoms with Crippen molar-refractivity contribution in [2.75, 3.05) is 5.32 Å². The lowest BCUT2D eigenvalue weighted by Gasteiger charge is -2.15. The summed E-state index contributed by atoms with van der Waals surface area (Å²) in [5, 5.41) is 12.0. The molecule has 0 aliphatic heterocycles. The molecule has 0 saturated heterocycles. The summed E-state index contributed by atoms with van der Waals surface area (Å²) in [7, 11) is 0. The van der Waals surface area contributed by atoms with E-state index in [9.17, 15) is 9.59 Å². The number of para-hydroxylation sites is 1. The normalized spacial score (nSPS) is 11.5. The molecule has 0 fully saturated rings. The van der Waals surface area contributed by atoms with E-state index < -0.39 is 18.0 Å². The fourth-order valence-corrected chi connectivity index (χ4v) is 1.97. The summed E-state index contributed by atoms with van der Waals surface area (Å²) in [6, 6.07) is 13.0. The molecular formula is C16H14ClNO4. The van der Waals surface area contributed by atoms with E-state index in [0.29, 0.717) is 10.8 Å². The number of carbonyl (C=O) groups excluding carboxylic acids is 1. The van der Waals surface area contributed by atoms with E-state index in [1.54, 1.807) is 31.2 Å². The maximum Gasteiger partial charge on any atom is 0.337 e. The van der Waals surface area contributed by atoms with Crippen LogP contribution in [0.1, 0.15) is 17.3 Å². The molecular weight excluding hydrogens is 306 g/mol. The molecule has 0 spiro atoms. The number of carboxylic acid groups (broad SMARTS) is 1. The van der Waals surface area contributed by atoms with Gasteiger partial charge in [-0.2, -0.15) is 0 Å². The monoisotopic (exact) mass is 319 g/mol. The molecule has 0 aliphatic rings. The number of carbonyl (C=O) groups is 2. The lowest BCUT2D eigenvalue weighted by atomic mass is 10.1. The largest absolute Gasteiger partial charge is 0.481 e. The molecule has 1 amide bonds. The van der Waals surface area contributed by atoms with Gasteiger partial charge in [0.2, 0.25) is 0 Å². The molecule has 2 aromatic carbocycles. The zero-order chi connectivity index (χ0) is 16.1. The van der Waals surface area contributed by atoms with Crippen molar-refractivity contribution in [1.29, 1.82) is 0 Å². The highest BCUT2D eigenvalue weighted by Gasteiger charge is 2.18. The van der Waals surface area contributed by atoms with Crippen LogP contribution in [0.15, 0.2) is 48.5 Å². The van der Waals surface area contributed by atoms with E-state index in [4.69, 9.17) is 21.4 Å². The van der Waals surface area contributed by atoms with Crippen LogP contribution in [0, 0.1) is 0 Å². The first-order valence-corrected chi connectivity index (χ1v) is 6.90. The summed E-state index contributed by atoms with van der Waals surface area (Å²) in [5.74, 6) is -1.06. The van der Waals surface area contributed by atoms with Crippen LogP contribution < -0.4 is 10.1 Å². The third kappa shape index (κ3) is 3.99. The molecule has 0 heterocycles. The Morgan fingerprint density at radius 1 is 1.18 bits per heavy atom. The van der Waals surface area contributed by atoms with Gasteiger partial charge >= 0.3 is 5.97 Å². The molecule has 0 bridgehead atoms. The van der Waals surface area contributed by atoms with Gasteiger partial charge in [0.25, 0.3) is 5.91 Å². The third-order valence-corrected chi connectivity index (χ3v) is 3.13. The van der Waals surface area contributed by atoms with E-state index in [0.717, 1.165) is 0 Å². The maximum absolute atomic E-state index is 12.1. The molecule has 6 heteroatoms. The van der Waals surface area contributed by atoms with Crippen molar-refractivity contribution in [3.8, 4) is 5.75 Å². The minimum atomic E-state index is -1.15. The van der Waals surface area contributed by atoms with Crippen LogP contribution in [0.5, 0.6) is 5.75 Å². The van der Waals surface area contributed by atoms with Crippen LogP contribution >= 0.6 is 11.6 Å². The van der Waals surface area contributed by atoms with E-state index in [1.807, 2.05) is 6.07 Å². The number of halogens is 1. The van der Waals surface area contributed by atoms with Gasteiger partial charge in [0.15, 0.2) is 6.10 Å². The third-order valence-electron chi connectivity index (χ3n) is 2.90. The van der Waals surface area contributed by atoms with Crippen LogP contribution in [0.25, 0.3) is 0 Å². The molecule has 0 aromatic heterocycles. The minimum absolute atomic E-state index is 0.0374. The summed E-state index contributed by atoms with van der Waals surface area (Å²) in [5.41, 5.74) is 0.0955. The van der Waals surface area contributed by atoms with Gasteiger partial charge in [-0.3, -0.25) is 4.79 Å². The van der Waals surface area contributed by atoms with Crippen molar-refractivity contribution in [1.82, 2.24) is 0 Å². The number of carboxylic acids is 1. The number of rotatable bonds is 5. The first-order chi connectivity index (χ1) is 10.5. The number of nitrogens with one attached hydrogen (secondary N) is 1. The number of ether oxygens (including phenoxy) is 1. The molecule has 22 heavy (non-hydrogen) atoms. The first kappa shape index (κ1) is 15.9. The van der Waals surface area contributed by atoms with Gasteiger partial charge in [-0.05, 0) is 37.3 Å². The summed E-state index contributed by atoms with van der Waals surface area (Å²) in [6.07, 6.45) is -0.789. The van der Waals surface area contributed by atoms with Gasteiger partial charge in [0.05, 0.1) is 11.3 Å². The highest BCUT2D eigenvalue weighted by molar-refractivity contribution is 6.31. The standard InChI is InChI=1S/C16H14ClNO4/c1-10(22-12-5-3-2-4-6-12)15(19)18-14-9-11(17)7-8-13(14)16(20)21/h2-10H,1H3,(H,18,19)(H,20,21). The van der Waals surface area contributed by atoms with E-state index in [2.05, 4.69) is 5.32 Å². The predicted octanol–water partition coefficient (Wildman–Crippen LogP) is 3.44. The Kier molecular flexibility index (Phi) is 5.01. The topological polar surface area (TPSA) is 75.6 Å². The van der Waals surface area contributed by atoms with Crippen LogP contribution in [-0.4, -0.2) is 23.1 Å². The van der Waals surface area contributed by atoms with Crippen molar-refractivity contribution in [3.05, 3.63) is 59.1 Å². The van der Waals surface area contributed by atoms with Gasteiger partial charge in [-0.1, -0.05) is 29.8 Å². The maximum atomic E-state index is 12.1. The Labute approximate surface area is 132 Å². The highest BCUT2D eigenvalue weighted by atomic mass is 35.5. The molecule has 1 atom stereocenters. The SMILES string of the molecule is CC(Oc1ccccc1)C(=O)Nc1cc(Cl)ccc1C(=O)O. The Morgan fingerprint density at radius 2 is 1.86 bits per heavy atom. The van der Waals surface area contributed by atoms with Gasteiger partial charge in [-0.25, -0.2) is 4.79 Å². The Hall–Kier alpha value is -2.53. The predicted molar refractivity (Wildman–Crippen MR) is 83.6 cm³/mol. The van der Waals surface area contributed by atoms with Crippen LogP contribution in [0.4, 0.5) is 5.69 Å². The zero-order valence-electron chi connectivity index (χ0n) is 11.7. The number of benzene rings is 2. The Balaban J connectivity index is 2.11. The second-order valence-electron chi connectivity index (χ2n) is 4.56. The van der Waals surface area contributed by atoms with Gasteiger partial charge in [0, 0.05) is 5.02 Å². The zero-order valence-corrected chi connectivity index (χ0v) is 12.5. The van der Waals surface area contributed by atoms with Crippen molar-refractivity contribution in [2.24, 2.45) is 0 Å². The summed E-state index contributed by atoms with van der Waals surface area (Å²) in [6.45, 7) is 1.58. The molecule has 2 N–H and O–H groups in total. The van der Waals surface area contributed by atoms with Crippen molar-refractivity contribution in [2.45, 2.75) is 13.0 Å². The smallest absolute Gasteiger partial charge is 0.337 e. The fourth-order valence-electron chi connectivity index (χ4n) is 1.80. The number of hydrogen-bond donors (Lipinski definition) is 2. The van der Waals surface area contributed by atoms with Crippen molar-refractivity contribution >= 4 is 29.2 Å². The number of amides is 1. The molecule has 0 saturated carbocycles. The number of hydrogen-bond acceptors (Lipinski definition) is 3. The van der Waals surface area contributed by atoms with Gasteiger partial charge in [0.1, 0.15) is 5.75 Å². The van der Waals surface area contributed by atoms with Gasteiger partial charge < -0.3 is 15.2 Å². The average molecular weight is 320 g/mol. The Morgan fingerprint density at radius 3 is 2.50 bits per heavy atom. The Bertz CT molecular complexity index is 688. The molecule has 2 aromatic rings.